The van der Waals surface area contributed by atoms with Crippen LogP contribution < -0.4 is 10.6 Å². The summed E-state index contributed by atoms with van der Waals surface area (Å²) in [5, 5.41) is 16.2. The van der Waals surface area contributed by atoms with Crippen molar-refractivity contribution in [1.29, 1.82) is 5.26 Å². The quantitative estimate of drug-likeness (QED) is 0.191. The molecule has 0 radical (unpaired) electrons. The van der Waals surface area contributed by atoms with Gasteiger partial charge in [0.15, 0.2) is 0 Å². The molecule has 2 N–H and O–H groups in total. The van der Waals surface area contributed by atoms with Crippen molar-refractivity contribution < 1.29 is 14.3 Å². The topological polar surface area (TPSA) is 97.7 Å². The third-order valence-corrected chi connectivity index (χ3v) is 12.1. The van der Waals surface area contributed by atoms with Crippen LogP contribution in [0.2, 0.25) is 0 Å². The number of carbonyl (C=O) groups excluding carboxylic acids is 2. The van der Waals surface area contributed by atoms with E-state index in [4.69, 9.17) is 4.74 Å². The fourth-order valence-corrected chi connectivity index (χ4v) is 9.19. The summed E-state index contributed by atoms with van der Waals surface area (Å²) in [5.41, 5.74) is 8.08. The Morgan fingerprint density at radius 1 is 0.846 bits per heavy atom. The minimum atomic E-state index is -1.08. The highest BCUT2D eigenvalue weighted by molar-refractivity contribution is 5.91. The zero-order chi connectivity index (χ0) is 35.7. The molecule has 2 saturated carbocycles. The van der Waals surface area contributed by atoms with E-state index in [2.05, 4.69) is 94.2 Å². The number of hydrogen-bond acceptors (Lipinski definition) is 6. The maximum atomic E-state index is 14.1. The number of alkyl carbamates (subject to hydrolysis) is 1. The van der Waals surface area contributed by atoms with Gasteiger partial charge in [-0.25, -0.2) is 4.79 Å². The lowest BCUT2D eigenvalue weighted by atomic mass is 9.80. The fourth-order valence-electron chi connectivity index (χ4n) is 9.19. The van der Waals surface area contributed by atoms with Gasteiger partial charge < -0.3 is 20.3 Å². The van der Waals surface area contributed by atoms with E-state index in [1.807, 2.05) is 36.4 Å². The van der Waals surface area contributed by atoms with Crippen LogP contribution in [-0.4, -0.2) is 73.2 Å². The number of hydrogen-bond donors (Lipinski definition) is 2. The summed E-state index contributed by atoms with van der Waals surface area (Å²) in [6.45, 7) is 5.57. The van der Waals surface area contributed by atoms with Gasteiger partial charge in [-0.05, 0) is 89.1 Å². The molecule has 8 rings (SSSR count). The van der Waals surface area contributed by atoms with Gasteiger partial charge in [0.25, 0.3) is 0 Å². The number of likely N-dealkylation sites (N-methyl/N-ethyl adjacent to an activating group) is 1. The number of benzene rings is 4. The van der Waals surface area contributed by atoms with Crippen LogP contribution in [0.1, 0.15) is 53.9 Å². The van der Waals surface area contributed by atoms with Crippen LogP contribution in [-0.2, 0) is 22.5 Å². The van der Waals surface area contributed by atoms with Crippen molar-refractivity contribution in [1.82, 2.24) is 20.4 Å². The molecule has 4 atom stereocenters. The summed E-state index contributed by atoms with van der Waals surface area (Å²) in [6, 6.07) is 35.1. The molecule has 3 fully saturated rings. The number of piperazine rings is 1. The van der Waals surface area contributed by atoms with Crippen LogP contribution in [0.15, 0.2) is 97.1 Å². The predicted molar refractivity (Wildman–Crippen MR) is 202 cm³/mol. The minimum Gasteiger partial charge on any atom is -0.449 e. The molecule has 3 aliphatic carbocycles. The SMILES string of the molecule is CN1CCN(Cc2ccc(-c3ccc(CC(C#N)NC(=O)C4(NC(=O)OCC5c6ccccc6-c6ccccc65)CC5CC[C@H]4C5)cc3)cc2)CC1. The average Bonchev–Trinajstić information content (AvgIpc) is 3.88. The Labute approximate surface area is 306 Å². The maximum Gasteiger partial charge on any atom is 0.408 e. The number of nitrogens with one attached hydrogen (secondary N) is 2. The van der Waals surface area contributed by atoms with Gasteiger partial charge >= 0.3 is 6.09 Å². The molecule has 1 heterocycles. The van der Waals surface area contributed by atoms with Crippen molar-refractivity contribution in [2.45, 2.75) is 56.1 Å². The summed E-state index contributed by atoms with van der Waals surface area (Å²) in [7, 11) is 2.18. The van der Waals surface area contributed by atoms with Gasteiger partial charge in [0.1, 0.15) is 18.2 Å². The number of fused-ring (bicyclic) bond motifs is 5. The monoisotopic (exact) mass is 693 g/mol. The molecule has 2 bridgehead atoms. The molecule has 1 aliphatic heterocycles. The second kappa shape index (κ2) is 14.6. The number of ether oxygens (including phenoxy) is 1. The lowest BCUT2D eigenvalue weighted by molar-refractivity contribution is -0.130. The largest absolute Gasteiger partial charge is 0.449 e. The summed E-state index contributed by atoms with van der Waals surface area (Å²) in [4.78, 5) is 32.5. The maximum absolute atomic E-state index is 14.1. The van der Waals surface area contributed by atoms with Crippen LogP contribution >= 0.6 is 0 Å². The normalized spacial score (nSPS) is 23.0. The Balaban J connectivity index is 0.892. The number of nitriles is 1. The highest BCUT2D eigenvalue weighted by atomic mass is 16.5. The first-order valence-electron chi connectivity index (χ1n) is 18.8. The third kappa shape index (κ3) is 6.83. The number of nitrogens with zero attached hydrogens (tertiary/aromatic N) is 3. The molecule has 4 aliphatic rings. The van der Waals surface area contributed by atoms with Crippen LogP contribution in [0.25, 0.3) is 22.3 Å². The van der Waals surface area contributed by atoms with Crippen molar-refractivity contribution in [3.63, 3.8) is 0 Å². The van der Waals surface area contributed by atoms with Crippen LogP contribution in [0, 0.1) is 23.2 Å². The molecule has 8 heteroatoms. The summed E-state index contributed by atoms with van der Waals surface area (Å²) < 4.78 is 5.90. The van der Waals surface area contributed by atoms with Crippen LogP contribution in [0.4, 0.5) is 4.79 Å². The van der Waals surface area contributed by atoms with Crippen molar-refractivity contribution in [2.24, 2.45) is 11.8 Å². The first kappa shape index (κ1) is 34.1. The molecule has 52 heavy (non-hydrogen) atoms. The van der Waals surface area contributed by atoms with Gasteiger partial charge in [0.05, 0.1) is 6.07 Å². The molecular weight excluding hydrogens is 647 g/mol. The molecule has 1 saturated heterocycles. The van der Waals surface area contributed by atoms with E-state index >= 15 is 0 Å². The molecule has 266 valence electrons. The predicted octanol–water partition coefficient (Wildman–Crippen LogP) is 6.75. The molecule has 4 aromatic rings. The van der Waals surface area contributed by atoms with E-state index in [9.17, 15) is 14.9 Å². The first-order valence-corrected chi connectivity index (χ1v) is 18.8. The highest BCUT2D eigenvalue weighted by Crippen LogP contribution is 2.51. The molecule has 4 aromatic carbocycles. The molecule has 2 amide bonds. The Kier molecular flexibility index (Phi) is 9.57. The molecular formula is C44H47N5O3. The van der Waals surface area contributed by atoms with Crippen molar-refractivity contribution in [3.8, 4) is 28.3 Å². The van der Waals surface area contributed by atoms with E-state index < -0.39 is 17.7 Å². The van der Waals surface area contributed by atoms with Gasteiger partial charge in [-0.15, -0.1) is 0 Å². The zero-order valence-electron chi connectivity index (χ0n) is 29.9. The molecule has 0 aromatic heterocycles. The zero-order valence-corrected chi connectivity index (χ0v) is 29.9. The highest BCUT2D eigenvalue weighted by Gasteiger charge is 2.57. The van der Waals surface area contributed by atoms with E-state index in [0.29, 0.717) is 18.8 Å². The second-order valence-corrected chi connectivity index (χ2v) is 15.3. The van der Waals surface area contributed by atoms with Crippen molar-refractivity contribution >= 4 is 12.0 Å². The van der Waals surface area contributed by atoms with Crippen molar-refractivity contribution in [3.05, 3.63) is 119 Å². The molecule has 8 nitrogen and oxygen atoms in total. The fraction of sp³-hybridized carbons (Fsp3) is 0.386. The molecule has 3 unspecified atom stereocenters. The minimum absolute atomic E-state index is 0.0181. The van der Waals surface area contributed by atoms with Gasteiger partial charge in [-0.1, -0.05) is 97.1 Å². The van der Waals surface area contributed by atoms with Gasteiger partial charge in [-0.3, -0.25) is 9.69 Å². The van der Waals surface area contributed by atoms with Gasteiger partial charge in [-0.2, -0.15) is 5.26 Å². The first-order chi connectivity index (χ1) is 25.4. The van der Waals surface area contributed by atoms with Crippen molar-refractivity contribution in [2.75, 3.05) is 39.8 Å². The van der Waals surface area contributed by atoms with E-state index in [1.54, 1.807) is 0 Å². The van der Waals surface area contributed by atoms with Crippen LogP contribution in [0.5, 0.6) is 0 Å². The average molecular weight is 694 g/mol. The standard InChI is InChI=1S/C44H47N5O3/c1-48-20-22-49(23-21-48)28-31-12-17-34(18-13-31)33-15-10-30(11-16-33)25-36(27-45)46-42(50)44(26-32-14-19-35(44)24-32)47-43(51)52-29-41-39-8-4-2-6-37(39)38-7-3-5-9-40(38)41/h2-13,15-18,32,35-36,41H,14,19-26,28-29H2,1H3,(H,46,50)(H,47,51)/t32?,35-,36?,44?/m0/s1. The summed E-state index contributed by atoms with van der Waals surface area (Å²) in [6.07, 6.45) is 3.18. The number of rotatable bonds is 10. The van der Waals surface area contributed by atoms with Gasteiger partial charge in [0.2, 0.25) is 5.91 Å². The summed E-state index contributed by atoms with van der Waals surface area (Å²) >= 11 is 0. The summed E-state index contributed by atoms with van der Waals surface area (Å²) in [5.74, 6) is 0.0417. The Morgan fingerprint density at radius 2 is 1.46 bits per heavy atom. The lowest BCUT2D eigenvalue weighted by Gasteiger charge is -2.37. The van der Waals surface area contributed by atoms with E-state index in [0.717, 1.165) is 79.8 Å². The van der Waals surface area contributed by atoms with Gasteiger partial charge in [0, 0.05) is 45.1 Å². The third-order valence-electron chi connectivity index (χ3n) is 12.1. The Hall–Kier alpha value is -4.97. The Morgan fingerprint density at radius 3 is 2.04 bits per heavy atom. The number of carbonyl (C=O) groups is 2. The second-order valence-electron chi connectivity index (χ2n) is 15.3. The Bertz CT molecular complexity index is 1920. The smallest absolute Gasteiger partial charge is 0.408 e. The van der Waals surface area contributed by atoms with Crippen LogP contribution in [0.3, 0.4) is 0 Å². The number of amides is 2. The molecule has 0 spiro atoms. The lowest BCUT2D eigenvalue weighted by Crippen LogP contribution is -2.63. The van der Waals surface area contributed by atoms with E-state index in [-0.39, 0.29) is 24.3 Å². The van der Waals surface area contributed by atoms with E-state index in [1.165, 1.54) is 16.7 Å².